The summed E-state index contributed by atoms with van der Waals surface area (Å²) in [5, 5.41) is 0. The van der Waals surface area contributed by atoms with E-state index in [1.54, 1.807) is 24.3 Å². The van der Waals surface area contributed by atoms with Gasteiger partial charge < -0.3 is 9.47 Å². The molecule has 0 amide bonds. The lowest BCUT2D eigenvalue weighted by atomic mass is 10.1. The average molecular weight is 589 g/mol. The monoisotopic (exact) mass is 588 g/mol. The molecule has 0 saturated carbocycles. The first-order chi connectivity index (χ1) is 20.5. The summed E-state index contributed by atoms with van der Waals surface area (Å²) in [5.41, 5.74) is 0.883. The van der Waals surface area contributed by atoms with Gasteiger partial charge in [0.2, 0.25) is 0 Å². The highest BCUT2D eigenvalue weighted by atomic mass is 16.5. The number of rotatable bonds is 28. The number of carbonyl (C=O) groups is 2. The van der Waals surface area contributed by atoms with Gasteiger partial charge in [0.05, 0.1) is 11.1 Å². The summed E-state index contributed by atoms with van der Waals surface area (Å²) in [6, 6.07) is 6.53. The van der Waals surface area contributed by atoms with Crippen molar-refractivity contribution < 1.29 is 19.1 Å². The number of ether oxygens (including phenoxy) is 2. The van der Waals surface area contributed by atoms with Crippen LogP contribution in [-0.4, -0.2) is 62.4 Å². The second kappa shape index (κ2) is 26.7. The van der Waals surface area contributed by atoms with Crippen molar-refractivity contribution in [3.63, 3.8) is 0 Å². The molecule has 242 valence electrons. The molecule has 0 spiro atoms. The number of unbranched alkanes of at least 4 members (excludes halogenated alkanes) is 18. The molecule has 0 atom stereocenters. The van der Waals surface area contributed by atoms with Gasteiger partial charge in [-0.2, -0.15) is 0 Å². The predicted octanol–water partition coefficient (Wildman–Crippen LogP) is 9.62. The van der Waals surface area contributed by atoms with Gasteiger partial charge in [0.25, 0.3) is 0 Å². The molecular formula is C36H64N2O4. The number of esters is 2. The zero-order chi connectivity index (χ0) is 30.7. The first-order valence-corrected chi connectivity index (χ1v) is 17.3. The molecule has 0 aliphatic rings. The quantitative estimate of drug-likeness (QED) is 0.0552. The molecule has 6 heteroatoms. The van der Waals surface area contributed by atoms with Crippen molar-refractivity contribution in [1.82, 2.24) is 9.80 Å². The van der Waals surface area contributed by atoms with E-state index in [4.69, 9.17) is 9.47 Å². The second-order valence-electron chi connectivity index (χ2n) is 12.2. The van der Waals surface area contributed by atoms with Crippen LogP contribution in [0.25, 0.3) is 0 Å². The number of carbonyl (C=O) groups excluding carboxylic acids is 2. The molecule has 0 saturated heterocycles. The van der Waals surface area contributed by atoms with Gasteiger partial charge >= 0.3 is 11.9 Å². The predicted molar refractivity (Wildman–Crippen MR) is 176 cm³/mol. The highest BCUT2D eigenvalue weighted by Gasteiger charge is 2.12. The fourth-order valence-electron chi connectivity index (χ4n) is 5.11. The van der Waals surface area contributed by atoms with Gasteiger partial charge in [0.1, 0.15) is 13.5 Å². The lowest BCUT2D eigenvalue weighted by molar-refractivity contribution is 0.0258. The molecule has 0 heterocycles. The normalized spacial score (nSPS) is 11.4. The Morgan fingerprint density at radius 1 is 0.476 bits per heavy atom. The van der Waals surface area contributed by atoms with Crippen molar-refractivity contribution in [1.29, 1.82) is 0 Å². The van der Waals surface area contributed by atoms with E-state index in [2.05, 4.69) is 13.8 Å². The first kappa shape index (κ1) is 38.1. The van der Waals surface area contributed by atoms with Crippen molar-refractivity contribution in [3.05, 3.63) is 35.4 Å². The summed E-state index contributed by atoms with van der Waals surface area (Å²) < 4.78 is 10.9. The topological polar surface area (TPSA) is 59.1 Å². The highest BCUT2D eigenvalue weighted by molar-refractivity contribution is 5.93. The smallest absolute Gasteiger partial charge is 0.339 e. The molecular weight excluding hydrogens is 524 g/mol. The molecule has 1 aromatic carbocycles. The average Bonchev–Trinajstić information content (AvgIpc) is 3.00. The van der Waals surface area contributed by atoms with E-state index in [1.807, 2.05) is 23.9 Å². The van der Waals surface area contributed by atoms with Crippen LogP contribution >= 0.6 is 0 Å². The van der Waals surface area contributed by atoms with Crippen LogP contribution in [0.4, 0.5) is 0 Å². The van der Waals surface area contributed by atoms with Crippen molar-refractivity contribution >= 4 is 11.9 Å². The highest BCUT2D eigenvalue weighted by Crippen LogP contribution is 2.13. The van der Waals surface area contributed by atoms with Crippen LogP contribution in [0.1, 0.15) is 163 Å². The lowest BCUT2D eigenvalue weighted by Gasteiger charge is -2.17. The van der Waals surface area contributed by atoms with Gasteiger partial charge in [-0.05, 0) is 51.2 Å². The summed E-state index contributed by atoms with van der Waals surface area (Å²) in [6.07, 6.45) is 26.2. The Hall–Kier alpha value is -1.92. The molecule has 0 unspecified atom stereocenters. The zero-order valence-corrected chi connectivity index (χ0v) is 27.8. The van der Waals surface area contributed by atoms with Gasteiger partial charge in [-0.3, -0.25) is 9.80 Å². The van der Waals surface area contributed by atoms with Crippen LogP contribution in [-0.2, 0) is 9.47 Å². The van der Waals surface area contributed by atoms with E-state index in [9.17, 15) is 9.59 Å². The molecule has 1 rings (SSSR count). The minimum Gasteiger partial charge on any atom is -0.446 e. The number of hydrogen-bond acceptors (Lipinski definition) is 6. The fourth-order valence-corrected chi connectivity index (χ4v) is 5.11. The largest absolute Gasteiger partial charge is 0.446 e. The molecule has 0 aromatic heterocycles. The Kier molecular flexibility index (Phi) is 24.2. The van der Waals surface area contributed by atoms with Crippen molar-refractivity contribution in [2.24, 2.45) is 0 Å². The van der Waals surface area contributed by atoms with E-state index in [0.717, 1.165) is 25.9 Å². The van der Waals surface area contributed by atoms with Gasteiger partial charge in [-0.1, -0.05) is 129 Å². The minimum absolute atomic E-state index is 0.269. The molecule has 0 radical (unpaired) electrons. The summed E-state index contributed by atoms with van der Waals surface area (Å²) in [6.45, 7) is 6.89. The summed E-state index contributed by atoms with van der Waals surface area (Å²) >= 11 is 0. The van der Waals surface area contributed by atoms with Gasteiger partial charge in [0, 0.05) is 13.1 Å². The zero-order valence-electron chi connectivity index (χ0n) is 27.8. The maximum absolute atomic E-state index is 12.5. The number of hydrogen-bond donors (Lipinski definition) is 0. The van der Waals surface area contributed by atoms with Crippen LogP contribution in [0, 0.1) is 0 Å². The standard InChI is InChI=1S/C36H64N2O4/c1-5-7-9-11-13-15-17-19-21-23-29-37(3)31-41-35(39)33-25-27-34(28-26-33)36(40)42-32-38(4)30-24-22-20-18-16-14-12-10-8-6-2/h25-28H,5-24,29-32H2,1-4H3. The number of nitrogens with zero attached hydrogens (tertiary/aromatic N) is 2. The van der Waals surface area contributed by atoms with Gasteiger partial charge in [0.15, 0.2) is 0 Å². The third-order valence-corrected chi connectivity index (χ3v) is 7.98. The summed E-state index contributed by atoms with van der Waals surface area (Å²) in [7, 11) is 3.96. The molecule has 0 bridgehead atoms. The van der Waals surface area contributed by atoms with Crippen molar-refractivity contribution in [2.45, 2.75) is 142 Å². The molecule has 6 nitrogen and oxygen atoms in total. The third-order valence-electron chi connectivity index (χ3n) is 7.98. The van der Waals surface area contributed by atoms with Crippen molar-refractivity contribution in [2.75, 3.05) is 40.6 Å². The SMILES string of the molecule is CCCCCCCCCCCCN(C)COC(=O)c1ccc(C(=O)OCN(C)CCCCCCCCCCCC)cc1. The third kappa shape index (κ3) is 20.9. The van der Waals surface area contributed by atoms with E-state index in [1.165, 1.54) is 116 Å². The first-order valence-electron chi connectivity index (χ1n) is 17.3. The minimum atomic E-state index is -0.374. The Labute approximate surface area is 258 Å². The summed E-state index contributed by atoms with van der Waals surface area (Å²) in [5.74, 6) is -0.748. The Morgan fingerprint density at radius 3 is 1.02 bits per heavy atom. The van der Waals surface area contributed by atoms with Crippen LogP contribution in [0.2, 0.25) is 0 Å². The molecule has 0 fully saturated rings. The number of benzene rings is 1. The van der Waals surface area contributed by atoms with E-state index in [-0.39, 0.29) is 25.4 Å². The van der Waals surface area contributed by atoms with E-state index < -0.39 is 0 Å². The maximum Gasteiger partial charge on any atom is 0.339 e. The molecule has 0 aliphatic heterocycles. The maximum atomic E-state index is 12.5. The van der Waals surface area contributed by atoms with E-state index >= 15 is 0 Å². The molecule has 0 N–H and O–H groups in total. The fraction of sp³-hybridized carbons (Fsp3) is 0.778. The van der Waals surface area contributed by atoms with Crippen molar-refractivity contribution in [3.8, 4) is 0 Å². The molecule has 42 heavy (non-hydrogen) atoms. The Morgan fingerprint density at radius 2 is 0.738 bits per heavy atom. The Bertz CT molecular complexity index is 718. The molecule has 0 aliphatic carbocycles. The van der Waals surface area contributed by atoms with Crippen LogP contribution in [0.3, 0.4) is 0 Å². The van der Waals surface area contributed by atoms with Gasteiger partial charge in [-0.25, -0.2) is 9.59 Å². The van der Waals surface area contributed by atoms with Crippen LogP contribution in [0.5, 0.6) is 0 Å². The van der Waals surface area contributed by atoms with Crippen LogP contribution in [0.15, 0.2) is 24.3 Å². The van der Waals surface area contributed by atoms with E-state index in [0.29, 0.717) is 11.1 Å². The summed E-state index contributed by atoms with van der Waals surface area (Å²) in [4.78, 5) is 29.0. The van der Waals surface area contributed by atoms with Gasteiger partial charge in [-0.15, -0.1) is 0 Å². The lowest BCUT2D eigenvalue weighted by Crippen LogP contribution is -2.25. The second-order valence-corrected chi connectivity index (χ2v) is 12.2. The Balaban J connectivity index is 2.11. The molecule has 1 aromatic rings. The van der Waals surface area contributed by atoms with Crippen LogP contribution < -0.4 is 0 Å².